The van der Waals surface area contributed by atoms with Crippen LogP contribution in [0.25, 0.3) is 0 Å². The van der Waals surface area contributed by atoms with Gasteiger partial charge in [0, 0.05) is 49.7 Å². The van der Waals surface area contributed by atoms with E-state index >= 15 is 0 Å². The van der Waals surface area contributed by atoms with Crippen molar-refractivity contribution in [3.63, 3.8) is 0 Å². The molecular weight excluding hydrogens is 480 g/mol. The largest absolute Gasteiger partial charge is 0.497 e. The van der Waals surface area contributed by atoms with Gasteiger partial charge < -0.3 is 29.9 Å². The number of carbonyl (C=O) groups is 2. The third kappa shape index (κ3) is 6.37. The molecule has 3 aromatic rings. The Labute approximate surface area is 224 Å². The van der Waals surface area contributed by atoms with E-state index in [2.05, 4.69) is 40.3 Å². The molecule has 2 amide bonds. The topological polar surface area (TPSA) is 83.1 Å². The Morgan fingerprint density at radius 2 is 1.47 bits per heavy atom. The minimum atomic E-state index is -0.251. The SMILES string of the molecule is COc1ccc(C(=O)Nc2ccc(N3CCN(c4ccccc4OC)CC3)c(C(=O)NCC(C)C)c2)cc1. The molecular formula is C30H36N4O4. The van der Waals surface area contributed by atoms with E-state index in [1.807, 2.05) is 30.3 Å². The van der Waals surface area contributed by atoms with Crippen LogP contribution in [0.4, 0.5) is 17.1 Å². The van der Waals surface area contributed by atoms with Crippen molar-refractivity contribution < 1.29 is 19.1 Å². The minimum absolute atomic E-state index is 0.151. The molecule has 1 aliphatic heterocycles. The van der Waals surface area contributed by atoms with Crippen molar-refractivity contribution in [3.05, 3.63) is 77.9 Å². The lowest BCUT2D eigenvalue weighted by Crippen LogP contribution is -2.47. The maximum atomic E-state index is 13.3. The Balaban J connectivity index is 1.53. The predicted octanol–water partition coefficient (Wildman–Crippen LogP) is 4.67. The van der Waals surface area contributed by atoms with E-state index in [4.69, 9.17) is 9.47 Å². The number of carbonyl (C=O) groups excluding carboxylic acids is 2. The fourth-order valence-electron chi connectivity index (χ4n) is 4.49. The summed E-state index contributed by atoms with van der Waals surface area (Å²) in [6.45, 7) is 7.78. The van der Waals surface area contributed by atoms with Gasteiger partial charge in [-0.2, -0.15) is 0 Å². The molecule has 0 saturated carbocycles. The second-order valence-corrected chi connectivity index (χ2v) is 9.66. The number of hydrogen-bond donors (Lipinski definition) is 2. The molecule has 1 fully saturated rings. The van der Waals surface area contributed by atoms with Gasteiger partial charge in [-0.1, -0.05) is 26.0 Å². The maximum absolute atomic E-state index is 13.3. The van der Waals surface area contributed by atoms with Crippen molar-refractivity contribution in [2.75, 3.05) is 62.1 Å². The van der Waals surface area contributed by atoms with Crippen LogP contribution in [0.5, 0.6) is 11.5 Å². The standard InChI is InChI=1S/C30H36N4O4/c1-21(2)20-31-30(36)25-19-23(32-29(35)22-9-12-24(37-3)13-10-22)11-14-26(25)33-15-17-34(18-16-33)27-7-5-6-8-28(27)38-4/h5-14,19,21H,15-18,20H2,1-4H3,(H,31,36)(H,32,35). The summed E-state index contributed by atoms with van der Waals surface area (Å²) in [5, 5.41) is 5.96. The Bertz CT molecular complexity index is 1250. The first-order valence-corrected chi connectivity index (χ1v) is 12.9. The van der Waals surface area contributed by atoms with E-state index in [9.17, 15) is 9.59 Å². The Morgan fingerprint density at radius 3 is 2.11 bits per heavy atom. The molecule has 4 rings (SSSR count). The van der Waals surface area contributed by atoms with Gasteiger partial charge in [0.25, 0.3) is 11.8 Å². The summed E-state index contributed by atoms with van der Waals surface area (Å²) in [6.07, 6.45) is 0. The number of nitrogens with zero attached hydrogens (tertiary/aromatic N) is 2. The highest BCUT2D eigenvalue weighted by Gasteiger charge is 2.24. The molecule has 0 unspecified atom stereocenters. The smallest absolute Gasteiger partial charge is 0.255 e. The van der Waals surface area contributed by atoms with Crippen LogP contribution in [-0.4, -0.2) is 58.8 Å². The molecule has 3 aromatic carbocycles. The zero-order valence-electron chi connectivity index (χ0n) is 22.5. The Kier molecular flexibility index (Phi) is 8.73. The monoisotopic (exact) mass is 516 g/mol. The van der Waals surface area contributed by atoms with E-state index in [-0.39, 0.29) is 11.8 Å². The normalized spacial score (nSPS) is 13.3. The quantitative estimate of drug-likeness (QED) is 0.430. The predicted molar refractivity (Wildman–Crippen MR) is 152 cm³/mol. The summed E-state index contributed by atoms with van der Waals surface area (Å²) in [5.41, 5.74) is 3.54. The van der Waals surface area contributed by atoms with Crippen LogP contribution in [-0.2, 0) is 0 Å². The summed E-state index contributed by atoms with van der Waals surface area (Å²) < 4.78 is 10.7. The Morgan fingerprint density at radius 1 is 0.816 bits per heavy atom. The lowest BCUT2D eigenvalue weighted by molar-refractivity contribution is 0.0948. The highest BCUT2D eigenvalue weighted by molar-refractivity contribution is 6.06. The lowest BCUT2D eigenvalue weighted by Gasteiger charge is -2.38. The molecule has 1 saturated heterocycles. The molecule has 0 atom stereocenters. The van der Waals surface area contributed by atoms with Gasteiger partial charge in [0.05, 0.1) is 25.5 Å². The van der Waals surface area contributed by atoms with Crippen molar-refractivity contribution >= 4 is 28.9 Å². The van der Waals surface area contributed by atoms with E-state index in [0.29, 0.717) is 35.0 Å². The van der Waals surface area contributed by atoms with E-state index in [0.717, 1.165) is 43.3 Å². The molecule has 0 bridgehead atoms. The highest BCUT2D eigenvalue weighted by Crippen LogP contribution is 2.31. The molecule has 8 nitrogen and oxygen atoms in total. The van der Waals surface area contributed by atoms with Crippen molar-refractivity contribution in [3.8, 4) is 11.5 Å². The van der Waals surface area contributed by atoms with Crippen molar-refractivity contribution in [2.24, 2.45) is 5.92 Å². The Hall–Kier alpha value is -4.20. The van der Waals surface area contributed by atoms with Gasteiger partial charge in [-0.3, -0.25) is 9.59 Å². The van der Waals surface area contributed by atoms with Crippen LogP contribution in [0.3, 0.4) is 0 Å². The van der Waals surface area contributed by atoms with Gasteiger partial charge in [-0.25, -0.2) is 0 Å². The number of benzene rings is 3. The minimum Gasteiger partial charge on any atom is -0.497 e. The molecule has 1 aliphatic rings. The zero-order chi connectivity index (χ0) is 27.1. The molecule has 200 valence electrons. The number of amides is 2. The number of anilines is 3. The average Bonchev–Trinajstić information content (AvgIpc) is 2.96. The average molecular weight is 517 g/mol. The third-order valence-electron chi connectivity index (χ3n) is 6.57. The van der Waals surface area contributed by atoms with Crippen molar-refractivity contribution in [2.45, 2.75) is 13.8 Å². The number of hydrogen-bond acceptors (Lipinski definition) is 6. The number of nitrogens with one attached hydrogen (secondary N) is 2. The fraction of sp³-hybridized carbons (Fsp3) is 0.333. The summed E-state index contributed by atoms with van der Waals surface area (Å²) in [4.78, 5) is 30.6. The summed E-state index contributed by atoms with van der Waals surface area (Å²) in [7, 11) is 3.27. The molecule has 0 spiro atoms. The number of ether oxygens (including phenoxy) is 2. The number of methoxy groups -OCH3 is 2. The molecule has 0 aromatic heterocycles. The van der Waals surface area contributed by atoms with Crippen LogP contribution in [0.2, 0.25) is 0 Å². The highest BCUT2D eigenvalue weighted by atomic mass is 16.5. The molecule has 2 N–H and O–H groups in total. The second kappa shape index (κ2) is 12.4. The molecule has 38 heavy (non-hydrogen) atoms. The number of para-hydroxylation sites is 2. The van der Waals surface area contributed by atoms with Crippen molar-refractivity contribution in [1.29, 1.82) is 0 Å². The fourth-order valence-corrected chi connectivity index (χ4v) is 4.49. The van der Waals surface area contributed by atoms with E-state index in [1.54, 1.807) is 44.6 Å². The second-order valence-electron chi connectivity index (χ2n) is 9.66. The van der Waals surface area contributed by atoms with Gasteiger partial charge in [-0.05, 0) is 60.5 Å². The van der Waals surface area contributed by atoms with Crippen LogP contribution in [0.15, 0.2) is 66.7 Å². The molecule has 0 aliphatic carbocycles. The summed E-state index contributed by atoms with van der Waals surface area (Å²) in [6, 6.07) is 20.5. The lowest BCUT2D eigenvalue weighted by atomic mass is 10.1. The molecule has 0 radical (unpaired) electrons. The van der Waals surface area contributed by atoms with Crippen molar-refractivity contribution in [1.82, 2.24) is 5.32 Å². The zero-order valence-corrected chi connectivity index (χ0v) is 22.5. The van der Waals surface area contributed by atoms with Gasteiger partial charge in [-0.15, -0.1) is 0 Å². The van der Waals surface area contributed by atoms with Gasteiger partial charge in [0.15, 0.2) is 0 Å². The maximum Gasteiger partial charge on any atom is 0.255 e. The third-order valence-corrected chi connectivity index (χ3v) is 6.57. The number of piperazine rings is 1. The first-order chi connectivity index (χ1) is 18.4. The molecule has 1 heterocycles. The van der Waals surface area contributed by atoms with Crippen LogP contribution < -0.4 is 29.9 Å². The van der Waals surface area contributed by atoms with Gasteiger partial charge in [0.1, 0.15) is 11.5 Å². The number of rotatable bonds is 9. The van der Waals surface area contributed by atoms with E-state index in [1.165, 1.54) is 0 Å². The summed E-state index contributed by atoms with van der Waals surface area (Å²) in [5.74, 6) is 1.46. The first kappa shape index (κ1) is 26.9. The van der Waals surface area contributed by atoms with Crippen LogP contribution in [0, 0.1) is 5.92 Å². The van der Waals surface area contributed by atoms with E-state index < -0.39 is 0 Å². The van der Waals surface area contributed by atoms with Crippen LogP contribution in [0.1, 0.15) is 34.6 Å². The van der Waals surface area contributed by atoms with Gasteiger partial charge >= 0.3 is 0 Å². The molecule has 8 heteroatoms. The summed E-state index contributed by atoms with van der Waals surface area (Å²) >= 11 is 0. The van der Waals surface area contributed by atoms with Gasteiger partial charge in [0.2, 0.25) is 0 Å². The first-order valence-electron chi connectivity index (χ1n) is 12.9. The van der Waals surface area contributed by atoms with Crippen LogP contribution >= 0.6 is 0 Å².